The van der Waals surface area contributed by atoms with E-state index in [-0.39, 0.29) is 29.6 Å². The Balaban J connectivity index is 1.44. The van der Waals surface area contributed by atoms with E-state index in [1.54, 1.807) is 12.0 Å². The molecule has 0 saturated carbocycles. The second-order valence-electron chi connectivity index (χ2n) is 8.65. The van der Waals surface area contributed by atoms with Crippen LogP contribution >= 0.6 is 0 Å². The second-order valence-corrected chi connectivity index (χ2v) is 8.65. The van der Waals surface area contributed by atoms with Crippen molar-refractivity contribution in [1.82, 2.24) is 5.32 Å². The van der Waals surface area contributed by atoms with Gasteiger partial charge < -0.3 is 24.4 Å². The number of carbonyl (C=O) groups is 2. The molecular formula is C26H32N2O5. The summed E-state index contributed by atoms with van der Waals surface area (Å²) in [5.74, 6) is 0.939. The van der Waals surface area contributed by atoms with Crippen molar-refractivity contribution >= 4 is 17.5 Å². The van der Waals surface area contributed by atoms with Gasteiger partial charge in [0.1, 0.15) is 11.5 Å². The van der Waals surface area contributed by atoms with Gasteiger partial charge in [-0.1, -0.05) is 24.3 Å². The maximum atomic E-state index is 13.1. The minimum Gasteiger partial charge on any atom is -0.497 e. The number of nitrogens with one attached hydrogen (secondary N) is 1. The van der Waals surface area contributed by atoms with Crippen LogP contribution in [0.4, 0.5) is 5.69 Å². The Morgan fingerprint density at radius 3 is 2.58 bits per heavy atom. The number of amides is 2. The van der Waals surface area contributed by atoms with Crippen molar-refractivity contribution in [3.63, 3.8) is 0 Å². The van der Waals surface area contributed by atoms with E-state index in [2.05, 4.69) is 17.4 Å². The first-order chi connectivity index (χ1) is 16.1. The fourth-order valence-corrected chi connectivity index (χ4v) is 4.75. The molecule has 0 spiro atoms. The molecule has 1 atom stereocenters. The van der Waals surface area contributed by atoms with Gasteiger partial charge in [0.2, 0.25) is 11.8 Å². The van der Waals surface area contributed by atoms with Crippen molar-refractivity contribution in [3.8, 4) is 11.5 Å². The van der Waals surface area contributed by atoms with Crippen molar-refractivity contribution in [2.75, 3.05) is 44.9 Å². The number of carbonyl (C=O) groups excluding carboxylic acids is 2. The van der Waals surface area contributed by atoms with Gasteiger partial charge in [-0.15, -0.1) is 0 Å². The lowest BCUT2D eigenvalue weighted by Gasteiger charge is -2.38. The third kappa shape index (κ3) is 4.98. The van der Waals surface area contributed by atoms with Gasteiger partial charge in [-0.3, -0.25) is 9.59 Å². The standard InChI is InChI=1S/C26H32N2O5/c1-3-33-23-7-5-4-6-22(23)28-17-19(16-24(28)29)25(30)27-18-26(12-14-32-15-13-26)20-8-10-21(31-2)11-9-20/h4-11,19H,3,12-18H2,1-2H3,(H,27,30). The van der Waals surface area contributed by atoms with Crippen molar-refractivity contribution in [2.45, 2.75) is 31.6 Å². The van der Waals surface area contributed by atoms with Crippen LogP contribution in [0.1, 0.15) is 31.7 Å². The molecule has 7 nitrogen and oxygen atoms in total. The number of anilines is 1. The van der Waals surface area contributed by atoms with Gasteiger partial charge in [0.05, 0.1) is 25.3 Å². The predicted octanol–water partition coefficient (Wildman–Crippen LogP) is 3.31. The molecule has 0 bridgehead atoms. The minimum absolute atomic E-state index is 0.0572. The molecule has 2 heterocycles. The third-order valence-corrected chi connectivity index (χ3v) is 6.71. The molecule has 1 N–H and O–H groups in total. The van der Waals surface area contributed by atoms with Gasteiger partial charge in [-0.05, 0) is 49.6 Å². The number of nitrogens with zero attached hydrogens (tertiary/aromatic N) is 1. The molecule has 4 rings (SSSR count). The molecule has 2 saturated heterocycles. The van der Waals surface area contributed by atoms with Gasteiger partial charge in [0.15, 0.2) is 0 Å². The summed E-state index contributed by atoms with van der Waals surface area (Å²) in [5, 5.41) is 3.16. The topological polar surface area (TPSA) is 77.1 Å². The number of benzene rings is 2. The Labute approximate surface area is 195 Å². The molecule has 2 aromatic rings. The normalized spacial score (nSPS) is 19.9. The Kier molecular flexibility index (Phi) is 7.18. The van der Waals surface area contributed by atoms with Crippen LogP contribution in [-0.4, -0.2) is 51.8 Å². The van der Waals surface area contributed by atoms with Gasteiger partial charge >= 0.3 is 0 Å². The molecule has 2 aliphatic heterocycles. The van der Waals surface area contributed by atoms with E-state index in [1.165, 1.54) is 5.56 Å². The van der Waals surface area contributed by atoms with E-state index in [0.717, 1.165) is 24.3 Å². The summed E-state index contributed by atoms with van der Waals surface area (Å²) in [6.07, 6.45) is 1.86. The average molecular weight is 453 g/mol. The van der Waals surface area contributed by atoms with Crippen LogP contribution in [0.3, 0.4) is 0 Å². The first kappa shape index (κ1) is 23.1. The molecule has 2 amide bonds. The quantitative estimate of drug-likeness (QED) is 0.665. The van der Waals surface area contributed by atoms with Crippen molar-refractivity contribution in [2.24, 2.45) is 5.92 Å². The lowest BCUT2D eigenvalue weighted by molar-refractivity contribution is -0.126. The maximum Gasteiger partial charge on any atom is 0.227 e. The van der Waals surface area contributed by atoms with E-state index in [0.29, 0.717) is 38.7 Å². The highest BCUT2D eigenvalue weighted by atomic mass is 16.5. The summed E-state index contributed by atoms with van der Waals surface area (Å²) >= 11 is 0. The zero-order valence-corrected chi connectivity index (χ0v) is 19.3. The highest BCUT2D eigenvalue weighted by molar-refractivity contribution is 6.01. The number of rotatable bonds is 8. The zero-order chi connectivity index (χ0) is 23.3. The lowest BCUT2D eigenvalue weighted by Crippen LogP contribution is -2.46. The van der Waals surface area contributed by atoms with E-state index in [1.807, 2.05) is 43.3 Å². The molecule has 2 aromatic carbocycles. The molecule has 0 radical (unpaired) electrons. The number of ether oxygens (including phenoxy) is 3. The number of hydrogen-bond donors (Lipinski definition) is 1. The third-order valence-electron chi connectivity index (χ3n) is 6.71. The van der Waals surface area contributed by atoms with Gasteiger partial charge in [-0.25, -0.2) is 0 Å². The summed E-state index contributed by atoms with van der Waals surface area (Å²) < 4.78 is 16.6. The summed E-state index contributed by atoms with van der Waals surface area (Å²) in [7, 11) is 1.65. The van der Waals surface area contributed by atoms with Gasteiger partial charge in [0.25, 0.3) is 0 Å². The molecule has 2 fully saturated rings. The molecular weight excluding hydrogens is 420 g/mol. The molecule has 7 heteroatoms. The summed E-state index contributed by atoms with van der Waals surface area (Å²) in [5.41, 5.74) is 1.70. The van der Waals surface area contributed by atoms with E-state index in [4.69, 9.17) is 14.2 Å². The fraction of sp³-hybridized carbons (Fsp3) is 0.462. The summed E-state index contributed by atoms with van der Waals surface area (Å²) in [6, 6.07) is 15.5. The Morgan fingerprint density at radius 2 is 1.88 bits per heavy atom. The first-order valence-corrected chi connectivity index (χ1v) is 11.6. The number of hydrogen-bond acceptors (Lipinski definition) is 5. The maximum absolute atomic E-state index is 13.1. The Hall–Kier alpha value is -3.06. The Morgan fingerprint density at radius 1 is 1.15 bits per heavy atom. The summed E-state index contributed by atoms with van der Waals surface area (Å²) in [4.78, 5) is 27.6. The monoisotopic (exact) mass is 452 g/mol. The summed E-state index contributed by atoms with van der Waals surface area (Å²) in [6.45, 7) is 4.61. The van der Waals surface area contributed by atoms with Gasteiger partial charge in [0, 0.05) is 38.1 Å². The lowest BCUT2D eigenvalue weighted by atomic mass is 9.74. The number of para-hydroxylation sites is 2. The van der Waals surface area contributed by atoms with E-state index < -0.39 is 0 Å². The van der Waals surface area contributed by atoms with Crippen molar-refractivity contribution < 1.29 is 23.8 Å². The number of methoxy groups -OCH3 is 1. The van der Waals surface area contributed by atoms with Crippen LogP contribution in [0, 0.1) is 5.92 Å². The van der Waals surface area contributed by atoms with Crippen molar-refractivity contribution in [3.05, 3.63) is 54.1 Å². The Bertz CT molecular complexity index is 969. The van der Waals surface area contributed by atoms with Crippen molar-refractivity contribution in [1.29, 1.82) is 0 Å². The molecule has 33 heavy (non-hydrogen) atoms. The molecule has 2 aliphatic rings. The average Bonchev–Trinajstić information content (AvgIpc) is 3.25. The van der Waals surface area contributed by atoms with Crippen LogP contribution in [0.5, 0.6) is 11.5 Å². The minimum atomic E-state index is -0.389. The van der Waals surface area contributed by atoms with E-state index in [9.17, 15) is 9.59 Å². The van der Waals surface area contributed by atoms with E-state index >= 15 is 0 Å². The van der Waals surface area contributed by atoms with Crippen LogP contribution in [0.15, 0.2) is 48.5 Å². The molecule has 1 unspecified atom stereocenters. The van der Waals surface area contributed by atoms with Crippen LogP contribution in [0.2, 0.25) is 0 Å². The highest BCUT2D eigenvalue weighted by Gasteiger charge is 2.39. The smallest absolute Gasteiger partial charge is 0.227 e. The molecule has 176 valence electrons. The van der Waals surface area contributed by atoms with Gasteiger partial charge in [-0.2, -0.15) is 0 Å². The second kappa shape index (κ2) is 10.3. The molecule has 0 aliphatic carbocycles. The predicted molar refractivity (Wildman–Crippen MR) is 126 cm³/mol. The van der Waals surface area contributed by atoms with Crippen LogP contribution in [0.25, 0.3) is 0 Å². The fourth-order valence-electron chi connectivity index (χ4n) is 4.75. The highest BCUT2D eigenvalue weighted by Crippen LogP contribution is 2.36. The largest absolute Gasteiger partial charge is 0.497 e. The zero-order valence-electron chi connectivity index (χ0n) is 19.3. The van der Waals surface area contributed by atoms with Crippen LogP contribution in [-0.2, 0) is 19.7 Å². The first-order valence-electron chi connectivity index (χ1n) is 11.6. The SMILES string of the molecule is CCOc1ccccc1N1CC(C(=O)NCC2(c3ccc(OC)cc3)CCOCC2)CC1=O. The molecule has 0 aromatic heterocycles. The van der Waals surface area contributed by atoms with Crippen LogP contribution < -0.4 is 19.7 Å².